The summed E-state index contributed by atoms with van der Waals surface area (Å²) in [7, 11) is 2.90. The van der Waals surface area contributed by atoms with Crippen molar-refractivity contribution >= 4 is 28.9 Å². The molecule has 0 radical (unpaired) electrons. The summed E-state index contributed by atoms with van der Waals surface area (Å²) in [6, 6.07) is 8.29. The maximum Gasteiger partial charge on any atom is 0.410 e. The number of amides is 1. The number of ether oxygens (including phenoxy) is 4. The molecule has 232 valence electrons. The van der Waals surface area contributed by atoms with E-state index in [0.29, 0.717) is 59.9 Å². The zero-order valence-corrected chi connectivity index (χ0v) is 26.4. The van der Waals surface area contributed by atoms with Gasteiger partial charge in [0.15, 0.2) is 0 Å². The number of pyridine rings is 1. The van der Waals surface area contributed by atoms with Crippen molar-refractivity contribution in [1.29, 1.82) is 0 Å². The molecule has 5 rings (SSSR count). The van der Waals surface area contributed by atoms with Crippen LogP contribution in [0, 0.1) is 0 Å². The Labute approximate surface area is 253 Å². The summed E-state index contributed by atoms with van der Waals surface area (Å²) in [5.74, 6) is 1.59. The van der Waals surface area contributed by atoms with Crippen molar-refractivity contribution in [1.82, 2.24) is 19.4 Å². The van der Waals surface area contributed by atoms with E-state index in [0.717, 1.165) is 24.2 Å². The van der Waals surface area contributed by atoms with Gasteiger partial charge < -0.3 is 33.3 Å². The van der Waals surface area contributed by atoms with Gasteiger partial charge in [0.05, 0.1) is 57.1 Å². The van der Waals surface area contributed by atoms with Crippen molar-refractivity contribution in [2.75, 3.05) is 32.2 Å². The van der Waals surface area contributed by atoms with Crippen LogP contribution in [0.15, 0.2) is 30.5 Å². The number of carbonyl (C=O) groups is 2. The highest BCUT2D eigenvalue weighted by molar-refractivity contribution is 5.97. The minimum atomic E-state index is -0.601. The number of imidazole rings is 1. The summed E-state index contributed by atoms with van der Waals surface area (Å²) in [6.07, 6.45) is 3.22. The van der Waals surface area contributed by atoms with E-state index in [1.807, 2.05) is 50.6 Å². The monoisotopic (exact) mass is 593 g/mol. The van der Waals surface area contributed by atoms with E-state index in [4.69, 9.17) is 28.9 Å². The van der Waals surface area contributed by atoms with E-state index in [1.165, 1.54) is 7.11 Å². The Balaban J connectivity index is 1.55. The molecule has 2 saturated heterocycles. The molecule has 3 aromatic rings. The summed E-state index contributed by atoms with van der Waals surface area (Å²) >= 11 is 0. The molecule has 2 fully saturated rings. The molecule has 4 heterocycles. The lowest BCUT2D eigenvalue weighted by molar-refractivity contribution is -0.0845. The van der Waals surface area contributed by atoms with Gasteiger partial charge in [0.1, 0.15) is 28.5 Å². The zero-order valence-electron chi connectivity index (χ0n) is 26.4. The van der Waals surface area contributed by atoms with Crippen molar-refractivity contribution < 1.29 is 28.5 Å². The summed E-state index contributed by atoms with van der Waals surface area (Å²) in [5.41, 5.74) is 1.84. The Morgan fingerprint density at radius 1 is 1.05 bits per heavy atom. The number of benzene rings is 1. The molecule has 2 aliphatic rings. The number of esters is 1. The van der Waals surface area contributed by atoms with Crippen molar-refractivity contribution in [3.05, 3.63) is 36.0 Å². The normalized spacial score (nSPS) is 22.6. The summed E-state index contributed by atoms with van der Waals surface area (Å²) < 4.78 is 24.8. The highest BCUT2D eigenvalue weighted by Crippen LogP contribution is 2.35. The van der Waals surface area contributed by atoms with Gasteiger partial charge >= 0.3 is 12.1 Å². The standard InChI is InChI=1S/C32H43N5O6/c1-19-9-10-20(2)37(19)27-12-11-22(15-33-27)29-34-25-13-23(30(38)41-8)14-26(40-7)28(25)36(29)18-24-17-35(16-21(3)42-24)31(39)43-32(4,5)6/h11-15,19-21,24H,9-10,16-18H2,1-8H3/t19-,20-,21-,24-/m0/s1. The maximum atomic E-state index is 13.0. The molecule has 0 aliphatic carbocycles. The number of methoxy groups -OCH3 is 2. The van der Waals surface area contributed by atoms with Crippen LogP contribution >= 0.6 is 0 Å². The van der Waals surface area contributed by atoms with Crippen LogP contribution in [0.25, 0.3) is 22.4 Å². The Hall–Kier alpha value is -3.86. The van der Waals surface area contributed by atoms with E-state index in [9.17, 15) is 9.59 Å². The molecule has 0 unspecified atom stereocenters. The first-order chi connectivity index (χ1) is 20.4. The quantitative estimate of drug-likeness (QED) is 0.352. The third kappa shape index (κ3) is 6.41. The lowest BCUT2D eigenvalue weighted by Gasteiger charge is -2.37. The van der Waals surface area contributed by atoms with Crippen LogP contribution < -0.4 is 9.64 Å². The van der Waals surface area contributed by atoms with Gasteiger partial charge in [0.25, 0.3) is 0 Å². The van der Waals surface area contributed by atoms with Gasteiger partial charge in [0, 0.05) is 23.8 Å². The van der Waals surface area contributed by atoms with Gasteiger partial charge in [0.2, 0.25) is 0 Å². The largest absolute Gasteiger partial charge is 0.494 e. The molecule has 1 aromatic carbocycles. The first kappa shape index (κ1) is 30.6. The molecule has 43 heavy (non-hydrogen) atoms. The smallest absolute Gasteiger partial charge is 0.410 e. The van der Waals surface area contributed by atoms with Crippen LogP contribution in [0.4, 0.5) is 10.6 Å². The van der Waals surface area contributed by atoms with Crippen LogP contribution in [0.3, 0.4) is 0 Å². The predicted octanol–water partition coefficient (Wildman–Crippen LogP) is 5.30. The number of hydrogen-bond acceptors (Lipinski definition) is 9. The highest BCUT2D eigenvalue weighted by Gasteiger charge is 2.33. The topological polar surface area (TPSA) is 108 Å². The molecule has 2 aromatic heterocycles. The number of rotatable bonds is 6. The SMILES string of the molecule is COC(=O)c1cc(OC)c2c(c1)nc(-c1ccc(N3[C@@H](C)CC[C@@H]3C)nc1)n2C[C@@H]1CN(C(=O)OC(C)(C)C)C[C@H](C)O1. The molecule has 11 heteroatoms. The van der Waals surface area contributed by atoms with E-state index < -0.39 is 11.6 Å². The fourth-order valence-corrected chi connectivity index (χ4v) is 6.16. The van der Waals surface area contributed by atoms with Gasteiger partial charge in [-0.1, -0.05) is 0 Å². The Morgan fingerprint density at radius 3 is 2.37 bits per heavy atom. The fraction of sp³-hybridized carbons (Fsp3) is 0.562. The van der Waals surface area contributed by atoms with Crippen LogP contribution in [-0.2, 0) is 20.8 Å². The third-order valence-electron chi connectivity index (χ3n) is 8.03. The van der Waals surface area contributed by atoms with Gasteiger partial charge in [-0.2, -0.15) is 0 Å². The number of anilines is 1. The lowest BCUT2D eigenvalue weighted by Crippen LogP contribution is -2.51. The second kappa shape index (κ2) is 12.0. The number of morpholine rings is 1. The lowest BCUT2D eigenvalue weighted by atomic mass is 10.1. The number of carbonyl (C=O) groups excluding carboxylic acids is 2. The van der Waals surface area contributed by atoms with Crippen molar-refractivity contribution in [3.63, 3.8) is 0 Å². The van der Waals surface area contributed by atoms with E-state index in [-0.39, 0.29) is 18.3 Å². The fourth-order valence-electron chi connectivity index (χ4n) is 6.16. The average Bonchev–Trinajstić information content (AvgIpc) is 3.49. The first-order valence-electron chi connectivity index (χ1n) is 14.9. The van der Waals surface area contributed by atoms with Crippen LogP contribution in [0.5, 0.6) is 5.75 Å². The first-order valence-corrected chi connectivity index (χ1v) is 14.9. The molecule has 11 nitrogen and oxygen atoms in total. The van der Waals surface area contributed by atoms with Crippen molar-refractivity contribution in [3.8, 4) is 17.1 Å². The highest BCUT2D eigenvalue weighted by atomic mass is 16.6. The summed E-state index contributed by atoms with van der Waals surface area (Å²) in [6.45, 7) is 13.1. The van der Waals surface area contributed by atoms with Crippen LogP contribution in [-0.4, -0.2) is 88.7 Å². The molecule has 4 atom stereocenters. The molecule has 0 bridgehead atoms. The predicted molar refractivity (Wildman–Crippen MR) is 164 cm³/mol. The van der Waals surface area contributed by atoms with Crippen LogP contribution in [0.2, 0.25) is 0 Å². The number of nitrogens with zero attached hydrogens (tertiary/aromatic N) is 5. The summed E-state index contributed by atoms with van der Waals surface area (Å²) in [4.78, 5) is 39.3. The minimum absolute atomic E-state index is 0.192. The van der Waals surface area contributed by atoms with Gasteiger partial charge in [-0.3, -0.25) is 0 Å². The summed E-state index contributed by atoms with van der Waals surface area (Å²) in [5, 5.41) is 0. The second-order valence-electron chi connectivity index (χ2n) is 12.6. The Morgan fingerprint density at radius 2 is 1.77 bits per heavy atom. The molecular weight excluding hydrogens is 550 g/mol. The molecule has 2 aliphatic heterocycles. The minimum Gasteiger partial charge on any atom is -0.494 e. The number of fused-ring (bicyclic) bond motifs is 1. The van der Waals surface area contributed by atoms with Gasteiger partial charge in [-0.05, 0) is 78.6 Å². The second-order valence-corrected chi connectivity index (χ2v) is 12.6. The number of aromatic nitrogens is 3. The van der Waals surface area contributed by atoms with Crippen molar-refractivity contribution in [2.24, 2.45) is 0 Å². The Kier molecular flexibility index (Phi) is 8.56. The molecule has 0 N–H and O–H groups in total. The Bertz CT molecular complexity index is 1470. The van der Waals surface area contributed by atoms with Crippen LogP contribution in [0.1, 0.15) is 64.7 Å². The van der Waals surface area contributed by atoms with Gasteiger partial charge in [-0.25, -0.2) is 19.6 Å². The van der Waals surface area contributed by atoms with Crippen molar-refractivity contribution in [2.45, 2.75) is 90.8 Å². The third-order valence-corrected chi connectivity index (χ3v) is 8.03. The van der Waals surface area contributed by atoms with E-state index in [2.05, 4.69) is 18.7 Å². The maximum absolute atomic E-state index is 13.0. The average molecular weight is 594 g/mol. The van der Waals surface area contributed by atoms with Gasteiger partial charge in [-0.15, -0.1) is 0 Å². The molecule has 0 saturated carbocycles. The zero-order chi connectivity index (χ0) is 31.1. The van der Waals surface area contributed by atoms with E-state index >= 15 is 0 Å². The molecule has 1 amide bonds. The van der Waals surface area contributed by atoms with E-state index in [1.54, 1.807) is 24.1 Å². The molecular formula is C32H43N5O6. The number of hydrogen-bond donors (Lipinski definition) is 0. The molecule has 0 spiro atoms.